The maximum atomic E-state index is 13.5. The van der Waals surface area contributed by atoms with Crippen LogP contribution in [0, 0.1) is 5.82 Å². The van der Waals surface area contributed by atoms with Crippen molar-refractivity contribution in [1.29, 1.82) is 0 Å². The molecular weight excluding hydrogens is 265 g/mol. The first kappa shape index (κ1) is 14.0. The molecule has 0 amide bonds. The van der Waals surface area contributed by atoms with E-state index in [4.69, 9.17) is 9.84 Å². The van der Waals surface area contributed by atoms with E-state index >= 15 is 0 Å². The zero-order valence-corrected chi connectivity index (χ0v) is 11.1. The highest BCUT2D eigenvalue weighted by Crippen LogP contribution is 2.26. The Kier molecular flexibility index (Phi) is 3.74. The molecule has 20 heavy (non-hydrogen) atoms. The van der Waals surface area contributed by atoms with Gasteiger partial charge in [-0.3, -0.25) is 4.79 Å². The molecule has 6 heteroatoms. The van der Waals surface area contributed by atoms with Crippen molar-refractivity contribution in [2.24, 2.45) is 0 Å². The summed E-state index contributed by atoms with van der Waals surface area (Å²) in [6, 6.07) is 2.22. The second-order valence-corrected chi connectivity index (χ2v) is 4.37. The summed E-state index contributed by atoms with van der Waals surface area (Å²) in [7, 11) is 1.38. The Bertz CT molecular complexity index is 736. The third kappa shape index (κ3) is 2.24. The molecule has 0 atom stereocenters. The number of rotatable bonds is 4. The number of hydrogen-bond donors (Lipinski definition) is 1. The van der Waals surface area contributed by atoms with Crippen molar-refractivity contribution in [1.82, 2.24) is 4.57 Å². The number of halogens is 1. The van der Waals surface area contributed by atoms with Crippen molar-refractivity contribution in [2.45, 2.75) is 19.9 Å². The Hall–Kier alpha value is -2.37. The van der Waals surface area contributed by atoms with Gasteiger partial charge in [-0.2, -0.15) is 0 Å². The number of benzene rings is 1. The Labute approximate surface area is 114 Å². The van der Waals surface area contributed by atoms with Crippen LogP contribution in [0.4, 0.5) is 4.39 Å². The number of aryl methyl sites for hydroxylation is 1. The number of carboxylic acid groups (broad SMARTS) is 1. The minimum absolute atomic E-state index is 0.00944. The van der Waals surface area contributed by atoms with Gasteiger partial charge in [-0.25, -0.2) is 9.18 Å². The molecular formula is C14H14FNO4. The van der Waals surface area contributed by atoms with Gasteiger partial charge in [-0.1, -0.05) is 6.92 Å². The Morgan fingerprint density at radius 1 is 1.45 bits per heavy atom. The fourth-order valence-corrected chi connectivity index (χ4v) is 2.19. The first-order chi connectivity index (χ1) is 9.49. The lowest BCUT2D eigenvalue weighted by molar-refractivity contribution is 0.0694. The van der Waals surface area contributed by atoms with Gasteiger partial charge in [-0.15, -0.1) is 0 Å². The fraction of sp³-hybridized carbons (Fsp3) is 0.286. The lowest BCUT2D eigenvalue weighted by Gasteiger charge is -2.14. The molecule has 5 nitrogen and oxygen atoms in total. The van der Waals surface area contributed by atoms with Gasteiger partial charge >= 0.3 is 5.97 Å². The van der Waals surface area contributed by atoms with Crippen LogP contribution in [0.2, 0.25) is 0 Å². The average molecular weight is 279 g/mol. The molecule has 1 heterocycles. The fourth-order valence-electron chi connectivity index (χ4n) is 2.19. The predicted molar refractivity (Wildman–Crippen MR) is 72.0 cm³/mol. The van der Waals surface area contributed by atoms with E-state index in [1.54, 1.807) is 4.57 Å². The molecule has 0 saturated heterocycles. The number of nitrogens with zero attached hydrogens (tertiary/aromatic N) is 1. The van der Waals surface area contributed by atoms with E-state index in [1.165, 1.54) is 19.4 Å². The van der Waals surface area contributed by atoms with E-state index in [1.807, 2.05) is 6.92 Å². The van der Waals surface area contributed by atoms with Crippen LogP contribution in [0.5, 0.6) is 5.75 Å². The van der Waals surface area contributed by atoms with E-state index in [9.17, 15) is 14.0 Å². The van der Waals surface area contributed by atoms with Gasteiger partial charge < -0.3 is 14.4 Å². The first-order valence-corrected chi connectivity index (χ1v) is 6.13. The van der Waals surface area contributed by atoms with Gasteiger partial charge in [0.2, 0.25) is 5.43 Å². The minimum Gasteiger partial charge on any atom is -0.494 e. The molecule has 106 valence electrons. The molecule has 0 unspecified atom stereocenters. The summed E-state index contributed by atoms with van der Waals surface area (Å²) >= 11 is 0. The normalized spacial score (nSPS) is 10.8. The second-order valence-electron chi connectivity index (χ2n) is 4.37. The van der Waals surface area contributed by atoms with Gasteiger partial charge in [0.05, 0.1) is 18.0 Å². The number of aromatic nitrogens is 1. The number of ether oxygens (including phenoxy) is 1. The molecule has 1 aromatic heterocycles. The number of methoxy groups -OCH3 is 1. The van der Waals surface area contributed by atoms with Gasteiger partial charge in [0.15, 0.2) is 0 Å². The maximum absolute atomic E-state index is 13.5. The maximum Gasteiger partial charge on any atom is 0.341 e. The molecule has 0 aliphatic carbocycles. The summed E-state index contributed by atoms with van der Waals surface area (Å²) in [6.07, 6.45) is 2.01. The summed E-state index contributed by atoms with van der Waals surface area (Å²) in [5.74, 6) is -1.76. The molecule has 1 aromatic carbocycles. The lowest BCUT2D eigenvalue weighted by Crippen LogP contribution is -2.19. The van der Waals surface area contributed by atoms with Crippen LogP contribution in [0.3, 0.4) is 0 Å². The van der Waals surface area contributed by atoms with Crippen molar-refractivity contribution in [3.8, 4) is 5.75 Å². The highest BCUT2D eigenvalue weighted by Gasteiger charge is 2.18. The smallest absolute Gasteiger partial charge is 0.341 e. The zero-order valence-electron chi connectivity index (χ0n) is 11.1. The lowest BCUT2D eigenvalue weighted by atomic mass is 10.1. The van der Waals surface area contributed by atoms with Gasteiger partial charge in [-0.05, 0) is 12.5 Å². The Balaban J connectivity index is 2.97. The van der Waals surface area contributed by atoms with Crippen LogP contribution in [-0.2, 0) is 6.54 Å². The molecule has 0 saturated carbocycles. The van der Waals surface area contributed by atoms with Crippen molar-refractivity contribution >= 4 is 16.9 Å². The van der Waals surface area contributed by atoms with Gasteiger partial charge in [0.25, 0.3) is 0 Å². The number of hydrogen-bond acceptors (Lipinski definition) is 3. The molecule has 2 aromatic rings. The second kappa shape index (κ2) is 5.32. The van der Waals surface area contributed by atoms with Crippen LogP contribution in [-0.4, -0.2) is 22.8 Å². The molecule has 0 spiro atoms. The largest absolute Gasteiger partial charge is 0.494 e. The molecule has 0 radical (unpaired) electrons. The van der Waals surface area contributed by atoms with Crippen molar-refractivity contribution in [3.63, 3.8) is 0 Å². The van der Waals surface area contributed by atoms with Crippen molar-refractivity contribution in [3.05, 3.63) is 39.9 Å². The molecule has 0 fully saturated rings. The van der Waals surface area contributed by atoms with E-state index in [-0.39, 0.29) is 16.7 Å². The van der Waals surface area contributed by atoms with E-state index in [0.29, 0.717) is 12.1 Å². The van der Waals surface area contributed by atoms with Gasteiger partial charge in [0, 0.05) is 18.8 Å². The van der Waals surface area contributed by atoms with Gasteiger partial charge in [0.1, 0.15) is 17.1 Å². The van der Waals surface area contributed by atoms with E-state index in [0.717, 1.165) is 12.5 Å². The standard InChI is InChI=1S/C14H14FNO4/c1-3-4-16-7-10(14(18)19)13(17)9-5-8(15)6-11(20-2)12(9)16/h5-7H,3-4H2,1-2H3,(H,18,19). The van der Waals surface area contributed by atoms with Crippen LogP contribution < -0.4 is 10.2 Å². The molecule has 0 aliphatic rings. The third-order valence-electron chi connectivity index (χ3n) is 3.02. The van der Waals surface area contributed by atoms with Crippen molar-refractivity contribution < 1.29 is 19.0 Å². The SMILES string of the molecule is CCCn1cc(C(=O)O)c(=O)c2cc(F)cc(OC)c21. The number of aromatic carboxylic acids is 1. The van der Waals surface area contributed by atoms with Crippen LogP contribution >= 0.6 is 0 Å². The van der Waals surface area contributed by atoms with Crippen LogP contribution in [0.1, 0.15) is 23.7 Å². The summed E-state index contributed by atoms with van der Waals surface area (Å²) in [4.78, 5) is 23.3. The predicted octanol–water partition coefficient (Wildman–Crippen LogP) is 2.26. The number of fused-ring (bicyclic) bond motifs is 1. The summed E-state index contributed by atoms with van der Waals surface area (Å²) in [5, 5.41) is 9.08. The number of pyridine rings is 1. The van der Waals surface area contributed by atoms with Crippen molar-refractivity contribution in [2.75, 3.05) is 7.11 Å². The van der Waals surface area contributed by atoms with Crippen LogP contribution in [0.25, 0.3) is 10.9 Å². The summed E-state index contributed by atoms with van der Waals surface area (Å²) in [5.41, 5.74) is -0.679. The summed E-state index contributed by atoms with van der Waals surface area (Å²) in [6.45, 7) is 2.42. The monoisotopic (exact) mass is 279 g/mol. The highest BCUT2D eigenvalue weighted by atomic mass is 19.1. The molecule has 2 rings (SSSR count). The molecule has 0 aliphatic heterocycles. The molecule has 0 bridgehead atoms. The third-order valence-corrected chi connectivity index (χ3v) is 3.02. The number of carboxylic acids is 1. The van der Waals surface area contributed by atoms with E-state index < -0.39 is 17.2 Å². The topological polar surface area (TPSA) is 68.5 Å². The Morgan fingerprint density at radius 3 is 2.70 bits per heavy atom. The average Bonchev–Trinajstić information content (AvgIpc) is 2.40. The van der Waals surface area contributed by atoms with E-state index in [2.05, 4.69) is 0 Å². The summed E-state index contributed by atoms with van der Waals surface area (Å²) < 4.78 is 20.3. The van der Waals surface area contributed by atoms with Crippen LogP contribution in [0.15, 0.2) is 23.1 Å². The Morgan fingerprint density at radius 2 is 2.15 bits per heavy atom. The number of carbonyl (C=O) groups is 1. The zero-order chi connectivity index (χ0) is 14.9. The minimum atomic E-state index is -1.33. The quantitative estimate of drug-likeness (QED) is 0.932. The highest BCUT2D eigenvalue weighted by molar-refractivity contribution is 5.94. The first-order valence-electron chi connectivity index (χ1n) is 6.13. The molecule has 1 N–H and O–H groups in total.